The Bertz CT molecular complexity index is 755. The number of nitrogens with zero attached hydrogens (tertiary/aromatic N) is 1. The van der Waals surface area contributed by atoms with Crippen LogP contribution in [0.25, 0.3) is 10.9 Å². The molecule has 0 bridgehead atoms. The Kier molecular flexibility index (Phi) is 4.18. The first-order chi connectivity index (χ1) is 10.3. The predicted molar refractivity (Wildman–Crippen MR) is 88.7 cm³/mol. The van der Waals surface area contributed by atoms with Gasteiger partial charge in [0.15, 0.2) is 0 Å². The van der Waals surface area contributed by atoms with Crippen LogP contribution >= 0.6 is 11.6 Å². The van der Waals surface area contributed by atoms with E-state index in [0.717, 1.165) is 22.7 Å². The molecular weight excluding hydrogens is 280 g/mol. The molecule has 0 fully saturated rings. The third-order valence-electron chi connectivity index (χ3n) is 3.65. The first kappa shape index (κ1) is 14.1. The highest BCUT2D eigenvalue weighted by Crippen LogP contribution is 2.21. The Balaban J connectivity index is 1.90. The average molecular weight is 297 g/mol. The topological polar surface area (TPSA) is 24.9 Å². The van der Waals surface area contributed by atoms with Gasteiger partial charge in [0, 0.05) is 10.4 Å². The second-order valence-corrected chi connectivity index (χ2v) is 5.54. The monoisotopic (exact) mass is 296 g/mol. The molecule has 21 heavy (non-hydrogen) atoms. The summed E-state index contributed by atoms with van der Waals surface area (Å²) in [6, 6.07) is 20.6. The quantitative estimate of drug-likeness (QED) is 0.772. The number of fused-ring (bicyclic) bond motifs is 1. The summed E-state index contributed by atoms with van der Waals surface area (Å²) in [5.41, 5.74) is 3.29. The van der Waals surface area contributed by atoms with Gasteiger partial charge in [0.25, 0.3) is 0 Å². The van der Waals surface area contributed by atoms with E-state index in [2.05, 4.69) is 29.6 Å². The maximum atomic E-state index is 6.06. The van der Waals surface area contributed by atoms with E-state index in [4.69, 9.17) is 16.6 Å². The molecule has 0 radical (unpaired) electrons. The molecule has 0 amide bonds. The second-order valence-electron chi connectivity index (χ2n) is 5.10. The number of halogens is 1. The molecule has 3 heteroatoms. The van der Waals surface area contributed by atoms with Gasteiger partial charge in [-0.05, 0) is 43.3 Å². The molecule has 2 nitrogen and oxygen atoms in total. The molecule has 0 spiro atoms. The van der Waals surface area contributed by atoms with Crippen molar-refractivity contribution in [1.82, 2.24) is 10.3 Å². The lowest BCUT2D eigenvalue weighted by Crippen LogP contribution is -2.20. The minimum Gasteiger partial charge on any atom is -0.311 e. The van der Waals surface area contributed by atoms with Crippen LogP contribution in [-0.4, -0.2) is 12.0 Å². The third kappa shape index (κ3) is 3.23. The number of pyridine rings is 1. The molecule has 106 valence electrons. The fourth-order valence-electron chi connectivity index (χ4n) is 2.53. The van der Waals surface area contributed by atoms with Crippen LogP contribution in [0.2, 0.25) is 5.02 Å². The van der Waals surface area contributed by atoms with E-state index >= 15 is 0 Å². The first-order valence-corrected chi connectivity index (χ1v) is 7.41. The zero-order valence-corrected chi connectivity index (χ0v) is 12.6. The van der Waals surface area contributed by atoms with Crippen LogP contribution in [0.1, 0.15) is 17.3 Å². The second kappa shape index (κ2) is 6.25. The van der Waals surface area contributed by atoms with E-state index in [1.54, 1.807) is 0 Å². The highest BCUT2D eigenvalue weighted by Gasteiger charge is 2.12. The summed E-state index contributed by atoms with van der Waals surface area (Å²) in [7, 11) is 1.96. The SMILES string of the molecule is CNC(Cc1cccc(Cl)c1)c1ccc2ccccc2n1. The Morgan fingerprint density at radius 2 is 1.90 bits per heavy atom. The van der Waals surface area contributed by atoms with Crippen molar-refractivity contribution in [2.45, 2.75) is 12.5 Å². The average Bonchev–Trinajstić information content (AvgIpc) is 2.52. The highest BCUT2D eigenvalue weighted by atomic mass is 35.5. The van der Waals surface area contributed by atoms with Gasteiger partial charge in [-0.2, -0.15) is 0 Å². The minimum absolute atomic E-state index is 0.174. The number of benzene rings is 2. The predicted octanol–water partition coefficient (Wildman–Crippen LogP) is 4.39. The summed E-state index contributed by atoms with van der Waals surface area (Å²) in [6.45, 7) is 0. The summed E-state index contributed by atoms with van der Waals surface area (Å²) < 4.78 is 0. The summed E-state index contributed by atoms with van der Waals surface area (Å²) >= 11 is 6.06. The van der Waals surface area contributed by atoms with Crippen LogP contribution in [0, 0.1) is 0 Å². The molecule has 2 aromatic carbocycles. The van der Waals surface area contributed by atoms with Gasteiger partial charge >= 0.3 is 0 Å². The van der Waals surface area contributed by atoms with Gasteiger partial charge in [-0.3, -0.25) is 4.98 Å². The van der Waals surface area contributed by atoms with E-state index in [1.165, 1.54) is 10.9 Å². The lowest BCUT2D eigenvalue weighted by atomic mass is 10.0. The molecule has 0 aliphatic carbocycles. The largest absolute Gasteiger partial charge is 0.311 e. The third-order valence-corrected chi connectivity index (χ3v) is 3.89. The molecule has 3 rings (SSSR count). The van der Waals surface area contributed by atoms with Crippen LogP contribution < -0.4 is 5.32 Å². The number of hydrogen-bond acceptors (Lipinski definition) is 2. The molecule has 1 N–H and O–H groups in total. The van der Waals surface area contributed by atoms with Crippen molar-refractivity contribution in [2.24, 2.45) is 0 Å². The van der Waals surface area contributed by atoms with Crippen molar-refractivity contribution in [2.75, 3.05) is 7.05 Å². The number of likely N-dealkylation sites (N-methyl/N-ethyl adjacent to an activating group) is 1. The number of nitrogens with one attached hydrogen (secondary N) is 1. The minimum atomic E-state index is 0.174. The summed E-state index contributed by atoms with van der Waals surface area (Å²) in [5, 5.41) is 5.28. The van der Waals surface area contributed by atoms with Crippen molar-refractivity contribution in [3.63, 3.8) is 0 Å². The number of hydrogen-bond donors (Lipinski definition) is 1. The molecule has 0 saturated heterocycles. The summed E-state index contributed by atoms with van der Waals surface area (Å²) in [5.74, 6) is 0. The molecule has 0 saturated carbocycles. The Hall–Kier alpha value is -1.90. The molecule has 1 aromatic heterocycles. The van der Waals surface area contributed by atoms with Gasteiger partial charge in [-0.1, -0.05) is 48.0 Å². The van der Waals surface area contributed by atoms with Gasteiger partial charge < -0.3 is 5.32 Å². The van der Waals surface area contributed by atoms with Crippen molar-refractivity contribution in [3.8, 4) is 0 Å². The van der Waals surface area contributed by atoms with Crippen molar-refractivity contribution in [3.05, 3.63) is 76.9 Å². The van der Waals surface area contributed by atoms with Gasteiger partial charge in [0.2, 0.25) is 0 Å². The maximum Gasteiger partial charge on any atom is 0.0706 e. The van der Waals surface area contributed by atoms with E-state index in [0.29, 0.717) is 0 Å². The van der Waals surface area contributed by atoms with Crippen molar-refractivity contribution in [1.29, 1.82) is 0 Å². The van der Waals surface area contributed by atoms with E-state index in [1.807, 2.05) is 43.4 Å². The highest BCUT2D eigenvalue weighted by molar-refractivity contribution is 6.30. The Morgan fingerprint density at radius 3 is 2.71 bits per heavy atom. The zero-order valence-electron chi connectivity index (χ0n) is 11.9. The number of rotatable bonds is 4. The number of aromatic nitrogens is 1. The molecule has 1 heterocycles. The molecule has 1 unspecified atom stereocenters. The Morgan fingerprint density at radius 1 is 1.05 bits per heavy atom. The molecule has 1 atom stereocenters. The lowest BCUT2D eigenvalue weighted by Gasteiger charge is -2.16. The van der Waals surface area contributed by atoms with Gasteiger partial charge in [0.05, 0.1) is 17.3 Å². The van der Waals surface area contributed by atoms with Crippen molar-refractivity contribution < 1.29 is 0 Å². The maximum absolute atomic E-state index is 6.06. The van der Waals surface area contributed by atoms with E-state index < -0.39 is 0 Å². The fraction of sp³-hybridized carbons (Fsp3) is 0.167. The Labute approximate surface area is 129 Å². The first-order valence-electron chi connectivity index (χ1n) is 7.03. The molecule has 0 aliphatic heterocycles. The standard InChI is InChI=1S/C18H17ClN2/c1-20-18(12-13-5-4-7-15(19)11-13)17-10-9-14-6-2-3-8-16(14)21-17/h2-11,18,20H,12H2,1H3. The van der Waals surface area contributed by atoms with Crippen molar-refractivity contribution >= 4 is 22.5 Å². The molecule has 0 aliphatic rings. The van der Waals surface area contributed by atoms with Gasteiger partial charge in [0.1, 0.15) is 0 Å². The van der Waals surface area contributed by atoms with Gasteiger partial charge in [-0.25, -0.2) is 0 Å². The number of para-hydroxylation sites is 1. The van der Waals surface area contributed by atoms with Crippen LogP contribution in [0.4, 0.5) is 0 Å². The van der Waals surface area contributed by atoms with E-state index in [-0.39, 0.29) is 6.04 Å². The normalized spacial score (nSPS) is 12.5. The fourth-order valence-corrected chi connectivity index (χ4v) is 2.74. The molecule has 3 aromatic rings. The van der Waals surface area contributed by atoms with Gasteiger partial charge in [-0.15, -0.1) is 0 Å². The summed E-state index contributed by atoms with van der Waals surface area (Å²) in [4.78, 5) is 4.77. The zero-order chi connectivity index (χ0) is 14.7. The van der Waals surface area contributed by atoms with Crippen LogP contribution in [0.3, 0.4) is 0 Å². The van der Waals surface area contributed by atoms with Crippen LogP contribution in [0.5, 0.6) is 0 Å². The smallest absolute Gasteiger partial charge is 0.0706 e. The van der Waals surface area contributed by atoms with E-state index in [9.17, 15) is 0 Å². The molecular formula is C18H17ClN2. The van der Waals surface area contributed by atoms with Crippen LogP contribution in [-0.2, 0) is 6.42 Å². The lowest BCUT2D eigenvalue weighted by molar-refractivity contribution is 0.578. The van der Waals surface area contributed by atoms with Crippen LogP contribution in [0.15, 0.2) is 60.7 Å². The summed E-state index contributed by atoms with van der Waals surface area (Å²) in [6.07, 6.45) is 0.863.